The molecule has 6 nitrogen and oxygen atoms in total. The van der Waals surface area contributed by atoms with Crippen LogP contribution in [0.25, 0.3) is 0 Å². The van der Waals surface area contributed by atoms with E-state index in [0.717, 1.165) is 12.8 Å². The summed E-state index contributed by atoms with van der Waals surface area (Å²) in [6, 6.07) is 7.42. The molecule has 0 aliphatic carbocycles. The number of likely N-dealkylation sites (tertiary alicyclic amines) is 1. The lowest BCUT2D eigenvalue weighted by atomic mass is 9.80. The molecule has 152 valence electrons. The van der Waals surface area contributed by atoms with E-state index in [0.29, 0.717) is 13.1 Å². The average Bonchev–Trinajstić information content (AvgIpc) is 3.12. The second-order valence-corrected chi connectivity index (χ2v) is 7.50. The molecule has 1 amide bonds. The molecule has 0 saturated carbocycles. The van der Waals surface area contributed by atoms with Crippen molar-refractivity contribution in [1.29, 1.82) is 0 Å². The minimum Gasteiger partial charge on any atom is -0.377 e. The number of alkyl halides is 2. The summed E-state index contributed by atoms with van der Waals surface area (Å²) in [6.45, 7) is 3.71. The third-order valence-electron chi connectivity index (χ3n) is 4.83. The highest BCUT2D eigenvalue weighted by atomic mass is 19.3. The van der Waals surface area contributed by atoms with E-state index in [-0.39, 0.29) is 18.1 Å². The number of hydrogen-bond donors (Lipinski definition) is 3. The molecular formula is C19H28F2N2O4. The van der Waals surface area contributed by atoms with Gasteiger partial charge in [0.15, 0.2) is 0 Å². The third kappa shape index (κ3) is 4.13. The van der Waals surface area contributed by atoms with Crippen LogP contribution in [0.5, 0.6) is 0 Å². The van der Waals surface area contributed by atoms with Crippen molar-refractivity contribution in [3.8, 4) is 0 Å². The summed E-state index contributed by atoms with van der Waals surface area (Å²) in [5.74, 6) is -9.40. The predicted octanol–water partition coefficient (Wildman–Crippen LogP) is 1.45. The van der Waals surface area contributed by atoms with Crippen molar-refractivity contribution in [3.05, 3.63) is 35.9 Å². The molecule has 1 heterocycles. The number of halogens is 2. The van der Waals surface area contributed by atoms with Crippen molar-refractivity contribution in [2.24, 2.45) is 11.7 Å². The van der Waals surface area contributed by atoms with Crippen LogP contribution in [0.4, 0.5) is 8.78 Å². The molecule has 0 bridgehead atoms. The molecule has 0 radical (unpaired) electrons. The number of nitrogens with zero attached hydrogens (tertiary/aromatic N) is 1. The van der Waals surface area contributed by atoms with Gasteiger partial charge in [-0.15, -0.1) is 0 Å². The van der Waals surface area contributed by atoms with Crippen LogP contribution < -0.4 is 5.73 Å². The number of amides is 1. The lowest BCUT2D eigenvalue weighted by Gasteiger charge is -2.47. The zero-order valence-electron chi connectivity index (χ0n) is 15.7. The second-order valence-electron chi connectivity index (χ2n) is 7.50. The van der Waals surface area contributed by atoms with Crippen LogP contribution in [0.3, 0.4) is 0 Å². The Kier molecular flexibility index (Phi) is 6.57. The average molecular weight is 386 g/mol. The van der Waals surface area contributed by atoms with E-state index < -0.39 is 29.8 Å². The van der Waals surface area contributed by atoms with Gasteiger partial charge in [-0.05, 0) is 31.8 Å². The quantitative estimate of drug-likeness (QED) is 0.559. The van der Waals surface area contributed by atoms with E-state index in [1.807, 2.05) is 0 Å². The highest BCUT2D eigenvalue weighted by molar-refractivity contribution is 5.83. The minimum atomic E-state index is -4.43. The second kappa shape index (κ2) is 8.18. The number of primary amides is 1. The number of carbonyl (C=O) groups excluding carboxylic acids is 1. The maximum atomic E-state index is 15.0. The number of rotatable bonds is 9. The first kappa shape index (κ1) is 21.7. The first-order chi connectivity index (χ1) is 12.5. The Bertz CT molecular complexity index is 638. The molecule has 2 atom stereocenters. The maximum Gasteiger partial charge on any atom is 0.359 e. The van der Waals surface area contributed by atoms with Gasteiger partial charge in [0.1, 0.15) is 0 Å². The van der Waals surface area contributed by atoms with Crippen molar-refractivity contribution in [2.75, 3.05) is 26.2 Å². The van der Waals surface area contributed by atoms with Crippen molar-refractivity contribution < 1.29 is 28.5 Å². The molecule has 2 unspecified atom stereocenters. The van der Waals surface area contributed by atoms with Gasteiger partial charge in [-0.2, -0.15) is 8.78 Å². The van der Waals surface area contributed by atoms with Crippen molar-refractivity contribution >= 4 is 5.91 Å². The number of nitrogens with two attached hydrogens (primary N) is 1. The Morgan fingerprint density at radius 1 is 1.22 bits per heavy atom. The smallest absolute Gasteiger partial charge is 0.359 e. The summed E-state index contributed by atoms with van der Waals surface area (Å²) in [5.41, 5.74) is 1.58. The molecule has 4 N–H and O–H groups in total. The van der Waals surface area contributed by atoms with Gasteiger partial charge in [-0.25, -0.2) is 0 Å². The minimum absolute atomic E-state index is 0.0757. The molecule has 0 aromatic heterocycles. The fraction of sp³-hybridized carbons (Fsp3) is 0.632. The number of ether oxygens (including phenoxy) is 1. The maximum absolute atomic E-state index is 15.0. The Morgan fingerprint density at radius 2 is 1.78 bits per heavy atom. The summed E-state index contributed by atoms with van der Waals surface area (Å²) in [6.07, 6.45) is 1.55. The molecule has 1 saturated heterocycles. The van der Waals surface area contributed by atoms with Crippen molar-refractivity contribution in [2.45, 2.75) is 44.0 Å². The van der Waals surface area contributed by atoms with Crippen LogP contribution in [0.1, 0.15) is 32.3 Å². The van der Waals surface area contributed by atoms with Gasteiger partial charge in [-0.3, -0.25) is 9.69 Å². The van der Waals surface area contributed by atoms with Crippen LogP contribution in [-0.2, 0) is 15.3 Å². The highest BCUT2D eigenvalue weighted by Gasteiger charge is 2.70. The number of β-amino-alcohol motifs (C(OH)–C–C–N with tert-alkyl or cyclic N) is 1. The van der Waals surface area contributed by atoms with E-state index in [9.17, 15) is 23.8 Å². The zero-order chi connectivity index (χ0) is 20.3. The Balaban J connectivity index is 2.59. The summed E-state index contributed by atoms with van der Waals surface area (Å²) >= 11 is 0. The van der Waals surface area contributed by atoms with Gasteiger partial charge in [0, 0.05) is 12.1 Å². The van der Waals surface area contributed by atoms with Gasteiger partial charge >= 0.3 is 5.92 Å². The Labute approximate surface area is 157 Å². The summed E-state index contributed by atoms with van der Waals surface area (Å²) in [7, 11) is 0. The summed E-state index contributed by atoms with van der Waals surface area (Å²) in [4.78, 5) is 13.2. The molecule has 27 heavy (non-hydrogen) atoms. The molecule has 8 heteroatoms. The molecular weight excluding hydrogens is 358 g/mol. The largest absolute Gasteiger partial charge is 0.377 e. The van der Waals surface area contributed by atoms with Gasteiger partial charge in [0.2, 0.25) is 11.4 Å². The number of aliphatic hydroxyl groups is 2. The van der Waals surface area contributed by atoms with Gasteiger partial charge in [0.05, 0.1) is 6.61 Å². The van der Waals surface area contributed by atoms with Crippen LogP contribution in [0.15, 0.2) is 30.3 Å². The van der Waals surface area contributed by atoms with E-state index in [1.54, 1.807) is 24.8 Å². The van der Waals surface area contributed by atoms with E-state index in [1.165, 1.54) is 24.3 Å². The molecule has 1 aliphatic rings. The van der Waals surface area contributed by atoms with E-state index in [4.69, 9.17) is 10.5 Å². The van der Waals surface area contributed by atoms with E-state index in [2.05, 4.69) is 0 Å². The van der Waals surface area contributed by atoms with Crippen LogP contribution in [0.2, 0.25) is 0 Å². The Hall–Kier alpha value is -1.61. The normalized spacial score (nSPS) is 20.4. The molecule has 1 aromatic carbocycles. The fourth-order valence-electron chi connectivity index (χ4n) is 3.28. The SMILES string of the molecule is CC(C)COC(O)(c1ccccc1)C(O)(CN1CCCC1)C(F)(F)C(N)=O. The number of benzene rings is 1. The van der Waals surface area contributed by atoms with Gasteiger partial charge in [-0.1, -0.05) is 44.2 Å². The summed E-state index contributed by atoms with van der Waals surface area (Å²) < 4.78 is 35.4. The van der Waals surface area contributed by atoms with Gasteiger partial charge in [0.25, 0.3) is 5.91 Å². The zero-order valence-corrected chi connectivity index (χ0v) is 15.7. The van der Waals surface area contributed by atoms with Crippen molar-refractivity contribution in [1.82, 2.24) is 4.90 Å². The molecule has 0 spiro atoms. The van der Waals surface area contributed by atoms with Crippen LogP contribution in [-0.4, -0.2) is 58.8 Å². The summed E-state index contributed by atoms with van der Waals surface area (Å²) in [5, 5.41) is 22.5. The van der Waals surface area contributed by atoms with Crippen LogP contribution in [0, 0.1) is 5.92 Å². The number of carbonyl (C=O) groups is 1. The monoisotopic (exact) mass is 386 g/mol. The first-order valence-electron chi connectivity index (χ1n) is 9.09. The fourth-order valence-corrected chi connectivity index (χ4v) is 3.28. The van der Waals surface area contributed by atoms with Crippen molar-refractivity contribution in [3.63, 3.8) is 0 Å². The van der Waals surface area contributed by atoms with E-state index >= 15 is 0 Å². The van der Waals surface area contributed by atoms with Crippen LogP contribution >= 0.6 is 0 Å². The first-order valence-corrected chi connectivity index (χ1v) is 9.09. The lowest BCUT2D eigenvalue weighted by molar-refractivity contribution is -0.360. The predicted molar refractivity (Wildman–Crippen MR) is 95.9 cm³/mol. The Morgan fingerprint density at radius 3 is 2.26 bits per heavy atom. The molecule has 1 aliphatic heterocycles. The molecule has 2 rings (SSSR count). The topological polar surface area (TPSA) is 96.0 Å². The number of hydrogen-bond acceptors (Lipinski definition) is 5. The third-order valence-corrected chi connectivity index (χ3v) is 4.83. The van der Waals surface area contributed by atoms with Gasteiger partial charge < -0.3 is 20.7 Å². The molecule has 1 aromatic rings. The highest BCUT2D eigenvalue weighted by Crippen LogP contribution is 2.45. The lowest BCUT2D eigenvalue weighted by Crippen LogP contribution is -2.71. The molecule has 1 fully saturated rings. The standard InChI is InChI=1S/C19H28F2N2O4/c1-14(2)12-27-19(26,15-8-4-3-5-9-15)17(25,18(20,21)16(22)24)13-23-10-6-7-11-23/h3-5,8-9,14,25-26H,6-7,10-13H2,1-2H3,(H2,22,24).